The molecular weight excluding hydrogens is 270 g/mol. The van der Waals surface area contributed by atoms with Gasteiger partial charge in [0.05, 0.1) is 12.7 Å². The summed E-state index contributed by atoms with van der Waals surface area (Å²) in [5, 5.41) is 9.16. The molecule has 0 spiro atoms. The molecule has 4 nitrogen and oxygen atoms in total. The first-order valence-corrected chi connectivity index (χ1v) is 7.11. The fourth-order valence-corrected chi connectivity index (χ4v) is 2.58. The Morgan fingerprint density at radius 2 is 2.00 bits per heavy atom. The van der Waals surface area contributed by atoms with Crippen LogP contribution in [0, 0.1) is 0 Å². The highest BCUT2D eigenvalue weighted by molar-refractivity contribution is 7.09. The summed E-state index contributed by atoms with van der Waals surface area (Å²) in [7, 11) is 0. The number of carbonyl (C=O) groups is 1. The first-order valence-electron chi connectivity index (χ1n) is 6.23. The van der Waals surface area contributed by atoms with E-state index in [2.05, 4.69) is 16.5 Å². The number of aromatic nitrogens is 2. The molecule has 0 atom stereocenters. The second kappa shape index (κ2) is 5.71. The summed E-state index contributed by atoms with van der Waals surface area (Å²) >= 11 is 1.67. The Hall–Kier alpha value is -2.40. The monoisotopic (exact) mass is 283 g/mol. The minimum absolute atomic E-state index is 0.126. The Kier molecular flexibility index (Phi) is 3.60. The fraction of sp³-hybridized carbons (Fsp3) is 0.0667. The normalized spacial score (nSPS) is 10.4. The molecule has 0 fully saturated rings. The molecule has 1 aromatic carbocycles. The zero-order chi connectivity index (χ0) is 13.8. The van der Waals surface area contributed by atoms with Gasteiger partial charge in [-0.15, -0.1) is 11.3 Å². The van der Waals surface area contributed by atoms with E-state index in [0.29, 0.717) is 17.9 Å². The standard InChI is InChI=1S/C15H13N3OS/c19-15(12-5-2-1-3-6-12)17-14-8-9-16-18(14)11-13-7-4-10-20-13/h1-10H,11H2,(H,17,19). The van der Waals surface area contributed by atoms with Crippen LogP contribution in [0.3, 0.4) is 0 Å². The van der Waals surface area contributed by atoms with Crippen LogP contribution >= 0.6 is 11.3 Å². The number of anilines is 1. The van der Waals surface area contributed by atoms with Crippen molar-refractivity contribution in [3.63, 3.8) is 0 Å². The van der Waals surface area contributed by atoms with E-state index < -0.39 is 0 Å². The zero-order valence-corrected chi connectivity index (χ0v) is 11.5. The lowest BCUT2D eigenvalue weighted by Gasteiger charge is -2.08. The average molecular weight is 283 g/mol. The molecule has 1 amide bonds. The minimum atomic E-state index is -0.126. The fourth-order valence-electron chi connectivity index (χ4n) is 1.89. The van der Waals surface area contributed by atoms with Crippen molar-refractivity contribution in [2.24, 2.45) is 0 Å². The summed E-state index contributed by atoms with van der Waals surface area (Å²) in [6.07, 6.45) is 1.69. The summed E-state index contributed by atoms with van der Waals surface area (Å²) in [6, 6.07) is 15.0. The molecule has 0 aliphatic rings. The maximum Gasteiger partial charge on any atom is 0.256 e. The van der Waals surface area contributed by atoms with E-state index >= 15 is 0 Å². The third kappa shape index (κ3) is 2.78. The summed E-state index contributed by atoms with van der Waals surface area (Å²) in [5.41, 5.74) is 0.636. The summed E-state index contributed by atoms with van der Waals surface area (Å²) in [5.74, 6) is 0.575. The highest BCUT2D eigenvalue weighted by atomic mass is 32.1. The SMILES string of the molecule is O=C(Nc1ccnn1Cc1cccs1)c1ccccc1. The van der Waals surface area contributed by atoms with Gasteiger partial charge >= 0.3 is 0 Å². The Morgan fingerprint density at radius 1 is 1.15 bits per heavy atom. The number of nitrogens with one attached hydrogen (secondary N) is 1. The summed E-state index contributed by atoms with van der Waals surface area (Å²) < 4.78 is 1.78. The van der Waals surface area contributed by atoms with E-state index in [1.54, 1.807) is 40.4 Å². The van der Waals surface area contributed by atoms with Crippen LogP contribution < -0.4 is 5.32 Å². The van der Waals surface area contributed by atoms with Crippen molar-refractivity contribution in [2.45, 2.75) is 6.54 Å². The van der Waals surface area contributed by atoms with Gasteiger partial charge in [0.15, 0.2) is 0 Å². The number of hydrogen-bond acceptors (Lipinski definition) is 3. The molecule has 0 aliphatic heterocycles. The number of amides is 1. The molecule has 3 rings (SSSR count). The van der Waals surface area contributed by atoms with Gasteiger partial charge in [0.25, 0.3) is 5.91 Å². The molecule has 0 bridgehead atoms. The van der Waals surface area contributed by atoms with Crippen molar-refractivity contribution >= 4 is 23.1 Å². The van der Waals surface area contributed by atoms with E-state index in [4.69, 9.17) is 0 Å². The average Bonchev–Trinajstić information content (AvgIpc) is 3.13. The largest absolute Gasteiger partial charge is 0.307 e. The number of thiophene rings is 1. The number of carbonyl (C=O) groups excluding carboxylic acids is 1. The molecular formula is C15H13N3OS. The van der Waals surface area contributed by atoms with Crippen LogP contribution in [0.2, 0.25) is 0 Å². The summed E-state index contributed by atoms with van der Waals surface area (Å²) in [6.45, 7) is 0.662. The van der Waals surface area contributed by atoms with Crippen molar-refractivity contribution in [1.82, 2.24) is 9.78 Å². The van der Waals surface area contributed by atoms with E-state index in [1.165, 1.54) is 4.88 Å². The first-order chi connectivity index (χ1) is 9.83. The molecule has 20 heavy (non-hydrogen) atoms. The molecule has 1 N–H and O–H groups in total. The van der Waals surface area contributed by atoms with Crippen LogP contribution in [0.25, 0.3) is 0 Å². The molecule has 2 aromatic heterocycles. The van der Waals surface area contributed by atoms with E-state index in [0.717, 1.165) is 0 Å². The van der Waals surface area contributed by atoms with Crippen LogP contribution in [0.15, 0.2) is 60.1 Å². The Balaban J connectivity index is 1.75. The molecule has 0 unspecified atom stereocenters. The van der Waals surface area contributed by atoms with Gasteiger partial charge in [-0.1, -0.05) is 24.3 Å². The Bertz CT molecular complexity index is 689. The van der Waals surface area contributed by atoms with Crippen molar-refractivity contribution in [3.8, 4) is 0 Å². The lowest BCUT2D eigenvalue weighted by Crippen LogP contribution is -2.15. The van der Waals surface area contributed by atoms with Gasteiger partial charge in [0, 0.05) is 16.5 Å². The maximum atomic E-state index is 12.1. The second-order valence-electron chi connectivity index (χ2n) is 4.27. The predicted molar refractivity (Wildman–Crippen MR) is 80.0 cm³/mol. The molecule has 2 heterocycles. The van der Waals surface area contributed by atoms with Crippen molar-refractivity contribution < 1.29 is 4.79 Å². The third-order valence-electron chi connectivity index (χ3n) is 2.88. The smallest absolute Gasteiger partial charge is 0.256 e. The highest BCUT2D eigenvalue weighted by Crippen LogP contribution is 2.15. The lowest BCUT2D eigenvalue weighted by molar-refractivity contribution is 0.102. The van der Waals surface area contributed by atoms with Gasteiger partial charge in [-0.05, 0) is 23.6 Å². The van der Waals surface area contributed by atoms with Gasteiger partial charge in [-0.3, -0.25) is 4.79 Å². The van der Waals surface area contributed by atoms with Gasteiger partial charge in [0.1, 0.15) is 5.82 Å². The summed E-state index contributed by atoms with van der Waals surface area (Å²) in [4.78, 5) is 13.3. The van der Waals surface area contributed by atoms with Gasteiger partial charge < -0.3 is 5.32 Å². The van der Waals surface area contributed by atoms with E-state index in [-0.39, 0.29) is 5.91 Å². The molecule has 0 aliphatic carbocycles. The quantitative estimate of drug-likeness (QED) is 0.799. The van der Waals surface area contributed by atoms with Crippen molar-refractivity contribution in [3.05, 3.63) is 70.5 Å². The van der Waals surface area contributed by atoms with Crippen molar-refractivity contribution in [2.75, 3.05) is 5.32 Å². The molecule has 5 heteroatoms. The molecule has 0 radical (unpaired) electrons. The van der Waals surface area contributed by atoms with E-state index in [9.17, 15) is 4.79 Å². The van der Waals surface area contributed by atoms with E-state index in [1.807, 2.05) is 29.6 Å². The Labute approximate surface area is 120 Å². The predicted octanol–water partition coefficient (Wildman–Crippen LogP) is 3.25. The van der Waals surface area contributed by atoms with Crippen molar-refractivity contribution in [1.29, 1.82) is 0 Å². The van der Waals surface area contributed by atoms with Crippen LogP contribution in [0.1, 0.15) is 15.2 Å². The topological polar surface area (TPSA) is 46.9 Å². The van der Waals surface area contributed by atoms with Crippen LogP contribution in [-0.4, -0.2) is 15.7 Å². The maximum absolute atomic E-state index is 12.1. The number of hydrogen-bond donors (Lipinski definition) is 1. The first kappa shape index (κ1) is 12.6. The lowest BCUT2D eigenvalue weighted by atomic mass is 10.2. The molecule has 0 saturated heterocycles. The minimum Gasteiger partial charge on any atom is -0.307 e. The molecule has 0 saturated carbocycles. The number of nitrogens with zero attached hydrogens (tertiary/aromatic N) is 2. The Morgan fingerprint density at radius 3 is 2.75 bits per heavy atom. The highest BCUT2D eigenvalue weighted by Gasteiger charge is 2.09. The molecule has 100 valence electrons. The van der Waals surface area contributed by atoms with Gasteiger partial charge in [-0.25, -0.2) is 4.68 Å². The number of benzene rings is 1. The zero-order valence-electron chi connectivity index (χ0n) is 10.7. The number of rotatable bonds is 4. The molecule has 3 aromatic rings. The van der Waals surface area contributed by atoms with Crippen LogP contribution in [0.5, 0.6) is 0 Å². The van der Waals surface area contributed by atoms with Crippen LogP contribution in [0.4, 0.5) is 5.82 Å². The van der Waals surface area contributed by atoms with Gasteiger partial charge in [0.2, 0.25) is 0 Å². The second-order valence-corrected chi connectivity index (χ2v) is 5.31. The van der Waals surface area contributed by atoms with Crippen LogP contribution in [-0.2, 0) is 6.54 Å². The van der Waals surface area contributed by atoms with Gasteiger partial charge in [-0.2, -0.15) is 5.10 Å². The third-order valence-corrected chi connectivity index (χ3v) is 3.74.